The van der Waals surface area contributed by atoms with Gasteiger partial charge in [-0.3, -0.25) is 10.3 Å². The maximum Gasteiger partial charge on any atom is 0.411 e. The summed E-state index contributed by atoms with van der Waals surface area (Å²) in [5.74, 6) is 1.64. The average Bonchev–Trinajstić information content (AvgIpc) is 2.99. The van der Waals surface area contributed by atoms with E-state index in [2.05, 4.69) is 31.2 Å². The first-order valence-electron chi connectivity index (χ1n) is 11.2. The predicted octanol–water partition coefficient (Wildman–Crippen LogP) is 3.57. The molecule has 0 unspecified atom stereocenters. The van der Waals surface area contributed by atoms with E-state index >= 15 is 0 Å². The number of aryl methyl sites for hydroxylation is 1. The first-order chi connectivity index (χ1) is 16.4. The number of pyridine rings is 1. The number of rotatable bonds is 7. The van der Waals surface area contributed by atoms with Crippen LogP contribution in [0.15, 0.2) is 16.8 Å². The number of anilines is 1. The normalized spacial score (nSPS) is 15.6. The van der Waals surface area contributed by atoms with Crippen molar-refractivity contribution in [3.05, 3.63) is 34.3 Å². The maximum atomic E-state index is 11.3. The molecule has 0 atom stereocenters. The molecule has 0 radical (unpaired) electrons. The molecule has 0 spiro atoms. The van der Waals surface area contributed by atoms with Crippen molar-refractivity contribution in [3.63, 3.8) is 0 Å². The summed E-state index contributed by atoms with van der Waals surface area (Å²) in [6, 6.07) is 0. The predicted molar refractivity (Wildman–Crippen MR) is 131 cm³/mol. The van der Waals surface area contributed by atoms with Gasteiger partial charge >= 0.3 is 6.09 Å². The second-order valence-electron chi connectivity index (χ2n) is 8.61. The number of amides is 1. The van der Waals surface area contributed by atoms with Gasteiger partial charge in [0, 0.05) is 29.6 Å². The minimum Gasteiger partial charge on any atom is -0.496 e. The number of nitrogens with zero attached hydrogens (tertiary/aromatic N) is 6. The number of carboxylic acid groups (broad SMARTS) is 1. The second-order valence-corrected chi connectivity index (χ2v) is 9.57. The molecule has 10 nitrogen and oxygen atoms in total. The molecule has 5 heterocycles. The van der Waals surface area contributed by atoms with Gasteiger partial charge in [-0.25, -0.2) is 14.5 Å². The van der Waals surface area contributed by atoms with Gasteiger partial charge in [-0.05, 0) is 45.9 Å². The van der Waals surface area contributed by atoms with Crippen LogP contribution in [0, 0.1) is 13.8 Å². The highest BCUT2D eigenvalue weighted by atomic mass is 32.2. The van der Waals surface area contributed by atoms with Crippen LogP contribution in [0.4, 0.5) is 10.7 Å². The number of carbonyl (C=O) groups is 1. The topological polar surface area (TPSA) is 118 Å². The molecule has 5 rings (SSSR count). The molecule has 1 amide bonds. The maximum absolute atomic E-state index is 11.3. The molecule has 2 aliphatic heterocycles. The van der Waals surface area contributed by atoms with Gasteiger partial charge in [0.1, 0.15) is 10.8 Å². The lowest BCUT2D eigenvalue weighted by molar-refractivity contribution is 0.184. The Morgan fingerprint density at radius 1 is 1.29 bits per heavy atom. The van der Waals surface area contributed by atoms with Crippen molar-refractivity contribution in [1.82, 2.24) is 29.6 Å². The summed E-state index contributed by atoms with van der Waals surface area (Å²) >= 11 is 1.60. The molecule has 0 saturated carbocycles. The third-order valence-electron chi connectivity index (χ3n) is 6.29. The summed E-state index contributed by atoms with van der Waals surface area (Å²) in [6.07, 6.45) is 4.98. The van der Waals surface area contributed by atoms with Crippen molar-refractivity contribution < 1.29 is 14.6 Å². The fraction of sp³-hybridized carbons (Fsp3) is 0.435. The largest absolute Gasteiger partial charge is 0.496 e. The van der Waals surface area contributed by atoms with E-state index in [-0.39, 0.29) is 5.95 Å². The fourth-order valence-electron chi connectivity index (χ4n) is 4.35. The zero-order valence-electron chi connectivity index (χ0n) is 19.5. The Bertz CT molecular complexity index is 1300. The van der Waals surface area contributed by atoms with E-state index in [0.29, 0.717) is 12.2 Å². The van der Waals surface area contributed by atoms with Crippen LogP contribution in [0.1, 0.15) is 35.4 Å². The minimum absolute atomic E-state index is 0.0467. The Kier molecular flexibility index (Phi) is 6.13. The smallest absolute Gasteiger partial charge is 0.411 e. The first kappa shape index (κ1) is 22.6. The molecule has 0 aromatic carbocycles. The number of hydrogen-bond donors (Lipinski definition) is 2. The lowest BCUT2D eigenvalue weighted by Crippen LogP contribution is -2.37. The Morgan fingerprint density at radius 2 is 2.12 bits per heavy atom. The van der Waals surface area contributed by atoms with Crippen molar-refractivity contribution in [1.29, 1.82) is 0 Å². The molecular formula is C23H27N7O3S. The average molecular weight is 482 g/mol. The number of ether oxygens (including phenoxy) is 1. The third-order valence-corrected chi connectivity index (χ3v) is 7.37. The van der Waals surface area contributed by atoms with Crippen LogP contribution in [0.25, 0.3) is 17.1 Å². The van der Waals surface area contributed by atoms with Gasteiger partial charge < -0.3 is 14.7 Å². The summed E-state index contributed by atoms with van der Waals surface area (Å²) in [5.41, 5.74) is 5.41. The number of methoxy groups -OCH3 is 1. The Hall–Kier alpha value is -3.18. The number of hydrogen-bond acceptors (Lipinski definition) is 8. The zero-order chi connectivity index (χ0) is 23.8. The van der Waals surface area contributed by atoms with Gasteiger partial charge in [0.2, 0.25) is 5.95 Å². The van der Waals surface area contributed by atoms with E-state index in [1.807, 2.05) is 13.8 Å². The summed E-state index contributed by atoms with van der Waals surface area (Å²) in [4.78, 5) is 27.4. The van der Waals surface area contributed by atoms with Crippen LogP contribution >= 0.6 is 11.8 Å². The lowest BCUT2D eigenvalue weighted by Gasteiger charge is -2.30. The minimum atomic E-state index is -1.20. The Morgan fingerprint density at radius 3 is 2.82 bits per heavy atom. The van der Waals surface area contributed by atoms with Gasteiger partial charge in [-0.2, -0.15) is 10.1 Å². The highest BCUT2D eigenvalue weighted by Crippen LogP contribution is 2.36. The van der Waals surface area contributed by atoms with Crippen molar-refractivity contribution in [2.45, 2.75) is 38.3 Å². The zero-order valence-corrected chi connectivity index (χ0v) is 20.3. The van der Waals surface area contributed by atoms with Crippen molar-refractivity contribution in [2.24, 2.45) is 0 Å². The van der Waals surface area contributed by atoms with E-state index < -0.39 is 6.09 Å². The van der Waals surface area contributed by atoms with Gasteiger partial charge in [-0.1, -0.05) is 5.57 Å². The van der Waals surface area contributed by atoms with Gasteiger partial charge in [0.05, 0.1) is 30.4 Å². The molecule has 34 heavy (non-hydrogen) atoms. The van der Waals surface area contributed by atoms with E-state index in [4.69, 9.17) is 9.84 Å². The third kappa shape index (κ3) is 4.32. The first-order valence-corrected chi connectivity index (χ1v) is 12.2. The molecule has 3 aromatic heterocycles. The monoisotopic (exact) mass is 481 g/mol. The van der Waals surface area contributed by atoms with Crippen LogP contribution < -0.4 is 10.1 Å². The van der Waals surface area contributed by atoms with Crippen molar-refractivity contribution in [2.75, 3.05) is 37.8 Å². The highest BCUT2D eigenvalue weighted by molar-refractivity contribution is 7.99. The summed E-state index contributed by atoms with van der Waals surface area (Å²) in [7, 11) is 1.65. The molecule has 0 aliphatic carbocycles. The fourth-order valence-corrected chi connectivity index (χ4v) is 5.40. The van der Waals surface area contributed by atoms with Crippen LogP contribution in [0.2, 0.25) is 0 Å². The molecule has 11 heteroatoms. The van der Waals surface area contributed by atoms with E-state index in [0.717, 1.165) is 57.4 Å². The van der Waals surface area contributed by atoms with Crippen molar-refractivity contribution in [3.8, 4) is 5.75 Å². The SMILES string of the molecule is COc1c(C)cnc(Cn2nc3c4c(nc(NC(=O)O)nc42)SCC(CCN2CCC2)=C3)c1C. The summed E-state index contributed by atoms with van der Waals surface area (Å²) < 4.78 is 7.34. The molecular weight excluding hydrogens is 454 g/mol. The summed E-state index contributed by atoms with van der Waals surface area (Å²) in [5, 5.41) is 18.0. The summed E-state index contributed by atoms with van der Waals surface area (Å²) in [6.45, 7) is 7.69. The van der Waals surface area contributed by atoms with E-state index in [1.54, 1.807) is 29.8 Å². The highest BCUT2D eigenvalue weighted by Gasteiger charge is 2.24. The van der Waals surface area contributed by atoms with Crippen LogP contribution in [0.3, 0.4) is 0 Å². The van der Waals surface area contributed by atoms with Crippen LogP contribution in [-0.4, -0.2) is 73.3 Å². The molecule has 3 aromatic rings. The van der Waals surface area contributed by atoms with Gasteiger partial charge in [0.15, 0.2) is 5.65 Å². The van der Waals surface area contributed by atoms with E-state index in [1.165, 1.54) is 25.1 Å². The quantitative estimate of drug-likeness (QED) is 0.488. The molecule has 2 aliphatic rings. The lowest BCUT2D eigenvalue weighted by atomic mass is 10.1. The van der Waals surface area contributed by atoms with E-state index in [9.17, 15) is 9.90 Å². The Balaban J connectivity index is 1.56. The standard InChI is InChI=1S/C23H27N7O3S/c1-13-10-24-17(14(2)19(13)33-3)11-30-20-18-16(28-30)9-15(5-8-29-6-4-7-29)12-34-21(18)26-22(25-20)27-23(31)32/h9-10H,4-8,11-12H2,1-3H3,(H,31,32)(H,25,26,27). The van der Waals surface area contributed by atoms with Gasteiger partial charge in [-0.15, -0.1) is 11.8 Å². The number of aromatic nitrogens is 5. The molecule has 1 fully saturated rings. The number of likely N-dealkylation sites (tertiary alicyclic amines) is 1. The molecule has 1 saturated heterocycles. The van der Waals surface area contributed by atoms with Gasteiger partial charge in [0.25, 0.3) is 0 Å². The second kappa shape index (κ2) is 9.22. The van der Waals surface area contributed by atoms with Crippen LogP contribution in [-0.2, 0) is 6.54 Å². The van der Waals surface area contributed by atoms with Crippen LogP contribution in [0.5, 0.6) is 5.75 Å². The molecule has 2 N–H and O–H groups in total. The number of thioether (sulfide) groups is 1. The van der Waals surface area contributed by atoms with Crippen molar-refractivity contribution >= 4 is 40.9 Å². The molecule has 178 valence electrons. The Labute approximate surface area is 201 Å². The molecule has 0 bridgehead atoms. The number of nitrogens with one attached hydrogen (secondary N) is 1.